The van der Waals surface area contributed by atoms with E-state index in [-0.39, 0.29) is 29.9 Å². The molecule has 6 nitrogen and oxygen atoms in total. The molecule has 2 heterocycles. The van der Waals surface area contributed by atoms with Crippen molar-refractivity contribution in [2.75, 3.05) is 0 Å². The third kappa shape index (κ3) is 4.55. The molecule has 0 unspecified atom stereocenters. The molecule has 0 atom stereocenters. The molecule has 0 spiro atoms. The molecule has 1 aromatic carbocycles. The monoisotopic (exact) mass is 424 g/mol. The number of aromatic nitrogens is 3. The van der Waals surface area contributed by atoms with Crippen LogP contribution in [0.2, 0.25) is 0 Å². The Bertz CT molecular complexity index is 1140. The van der Waals surface area contributed by atoms with E-state index >= 15 is 0 Å². The number of fused-ring (bicyclic) bond motifs is 1. The summed E-state index contributed by atoms with van der Waals surface area (Å²) in [5, 5.41) is 8.71. The van der Waals surface area contributed by atoms with E-state index < -0.39 is 0 Å². The average molecular weight is 425 g/mol. The lowest BCUT2D eigenvalue weighted by Gasteiger charge is -2.16. The summed E-state index contributed by atoms with van der Waals surface area (Å²) in [5.74, 6) is -0.440. The van der Waals surface area contributed by atoms with Crippen LogP contribution in [0.25, 0.3) is 10.8 Å². The highest BCUT2D eigenvalue weighted by Crippen LogP contribution is 2.23. The maximum absolute atomic E-state index is 13.2. The number of nitrogens with zero attached hydrogens (tertiary/aromatic N) is 3. The van der Waals surface area contributed by atoms with Gasteiger partial charge in [-0.1, -0.05) is 37.8 Å². The van der Waals surface area contributed by atoms with Gasteiger partial charge in [-0.15, -0.1) is 0 Å². The van der Waals surface area contributed by atoms with Crippen molar-refractivity contribution in [2.45, 2.75) is 71.5 Å². The molecule has 1 aliphatic rings. The van der Waals surface area contributed by atoms with Crippen molar-refractivity contribution in [3.8, 4) is 0 Å². The lowest BCUT2D eigenvalue weighted by atomic mass is 10.1. The van der Waals surface area contributed by atoms with Gasteiger partial charge in [0, 0.05) is 29.4 Å². The molecule has 4 rings (SSSR count). The van der Waals surface area contributed by atoms with Gasteiger partial charge in [0.15, 0.2) is 0 Å². The van der Waals surface area contributed by atoms with Gasteiger partial charge in [0.2, 0.25) is 5.91 Å². The van der Waals surface area contributed by atoms with Crippen LogP contribution >= 0.6 is 0 Å². The summed E-state index contributed by atoms with van der Waals surface area (Å²) in [6, 6.07) is 6.55. The van der Waals surface area contributed by atoms with Crippen molar-refractivity contribution in [1.82, 2.24) is 19.7 Å². The Morgan fingerprint density at radius 1 is 1.10 bits per heavy atom. The van der Waals surface area contributed by atoms with Gasteiger partial charge >= 0.3 is 0 Å². The molecule has 1 fully saturated rings. The van der Waals surface area contributed by atoms with Gasteiger partial charge in [0.25, 0.3) is 5.56 Å². The maximum atomic E-state index is 13.2. The van der Waals surface area contributed by atoms with Gasteiger partial charge in [-0.3, -0.25) is 9.59 Å². The van der Waals surface area contributed by atoms with Crippen molar-refractivity contribution in [2.24, 2.45) is 0 Å². The molecule has 3 aromatic rings. The zero-order valence-corrected chi connectivity index (χ0v) is 18.2. The van der Waals surface area contributed by atoms with Gasteiger partial charge in [-0.05, 0) is 44.4 Å². The van der Waals surface area contributed by atoms with Crippen LogP contribution in [0.5, 0.6) is 0 Å². The van der Waals surface area contributed by atoms with Gasteiger partial charge in [0.1, 0.15) is 12.4 Å². The van der Waals surface area contributed by atoms with Crippen LogP contribution in [-0.4, -0.2) is 26.3 Å². The first-order valence-electron chi connectivity index (χ1n) is 11.0. The van der Waals surface area contributed by atoms with Crippen LogP contribution in [0.3, 0.4) is 0 Å². The van der Waals surface area contributed by atoms with Crippen LogP contribution in [0.4, 0.5) is 4.39 Å². The minimum atomic E-state index is -0.274. The fraction of sp³-hybridized carbons (Fsp3) is 0.458. The van der Waals surface area contributed by atoms with E-state index in [1.54, 1.807) is 18.3 Å². The summed E-state index contributed by atoms with van der Waals surface area (Å²) < 4.78 is 16.5. The number of carbonyl (C=O) groups excluding carboxylic acids is 1. The quantitative estimate of drug-likeness (QED) is 0.633. The molecule has 1 aliphatic carbocycles. The first-order valence-corrected chi connectivity index (χ1v) is 11.0. The van der Waals surface area contributed by atoms with E-state index in [1.807, 2.05) is 18.4 Å². The number of aryl methyl sites for hydroxylation is 2. The van der Waals surface area contributed by atoms with E-state index in [4.69, 9.17) is 0 Å². The fourth-order valence-corrected chi connectivity index (χ4v) is 4.60. The Kier molecular flexibility index (Phi) is 6.20. The second-order valence-corrected chi connectivity index (χ2v) is 8.54. The first-order chi connectivity index (χ1) is 14.9. The first kappa shape index (κ1) is 21.3. The zero-order valence-electron chi connectivity index (χ0n) is 18.2. The summed E-state index contributed by atoms with van der Waals surface area (Å²) >= 11 is 0. The Labute approximate surface area is 181 Å². The summed E-state index contributed by atoms with van der Waals surface area (Å²) in [6.45, 7) is 4.31. The standard InChI is InChI=1S/C24H29FN4O2/c1-16-21-13-26-29(15-22(30)27-20-7-5-3-4-6-8-20)24(31)23(21)17(2)28(16)14-18-9-11-19(25)12-10-18/h9-13,20H,3-8,14-15H2,1-2H3,(H,27,30). The van der Waals surface area contributed by atoms with E-state index in [1.165, 1.54) is 29.7 Å². The molecular formula is C24H29FN4O2. The summed E-state index contributed by atoms with van der Waals surface area (Å²) in [6.07, 6.45) is 8.37. The third-order valence-corrected chi connectivity index (χ3v) is 6.37. The highest BCUT2D eigenvalue weighted by atomic mass is 19.1. The largest absolute Gasteiger partial charge is 0.352 e. The SMILES string of the molecule is Cc1c2cnn(CC(=O)NC3CCCCCC3)c(=O)c2c(C)n1Cc1ccc(F)cc1. The number of nitrogens with one attached hydrogen (secondary N) is 1. The van der Waals surface area contributed by atoms with E-state index in [2.05, 4.69) is 10.4 Å². The summed E-state index contributed by atoms with van der Waals surface area (Å²) in [5.41, 5.74) is 2.44. The third-order valence-electron chi connectivity index (χ3n) is 6.37. The molecule has 0 saturated heterocycles. The second-order valence-electron chi connectivity index (χ2n) is 8.54. The predicted octanol–water partition coefficient (Wildman–Crippen LogP) is 3.84. The fourth-order valence-electron chi connectivity index (χ4n) is 4.60. The molecule has 2 aromatic heterocycles. The number of hydrogen-bond acceptors (Lipinski definition) is 3. The number of benzene rings is 1. The number of rotatable bonds is 5. The minimum absolute atomic E-state index is 0.0765. The van der Waals surface area contributed by atoms with Crippen molar-refractivity contribution in [1.29, 1.82) is 0 Å². The van der Waals surface area contributed by atoms with Gasteiger partial charge < -0.3 is 9.88 Å². The summed E-state index contributed by atoms with van der Waals surface area (Å²) in [4.78, 5) is 25.7. The van der Waals surface area contributed by atoms with Gasteiger partial charge in [-0.25, -0.2) is 9.07 Å². The number of hydrogen-bond donors (Lipinski definition) is 1. The molecule has 1 amide bonds. The van der Waals surface area contributed by atoms with Crippen molar-refractivity contribution < 1.29 is 9.18 Å². The predicted molar refractivity (Wildman–Crippen MR) is 119 cm³/mol. The van der Waals surface area contributed by atoms with Crippen LogP contribution in [0.1, 0.15) is 55.5 Å². The number of amides is 1. The molecule has 0 radical (unpaired) electrons. The lowest BCUT2D eigenvalue weighted by Crippen LogP contribution is -2.39. The minimum Gasteiger partial charge on any atom is -0.352 e. The topological polar surface area (TPSA) is 68.9 Å². The lowest BCUT2D eigenvalue weighted by molar-refractivity contribution is -0.122. The Balaban J connectivity index is 1.58. The van der Waals surface area contributed by atoms with Crippen LogP contribution in [0, 0.1) is 19.7 Å². The van der Waals surface area contributed by atoms with E-state index in [0.29, 0.717) is 11.9 Å². The van der Waals surface area contributed by atoms with Gasteiger partial charge in [-0.2, -0.15) is 5.10 Å². The van der Waals surface area contributed by atoms with Crippen molar-refractivity contribution >= 4 is 16.7 Å². The van der Waals surface area contributed by atoms with Gasteiger partial charge in [0.05, 0.1) is 11.6 Å². The maximum Gasteiger partial charge on any atom is 0.276 e. The zero-order chi connectivity index (χ0) is 22.0. The molecule has 7 heteroatoms. The number of carbonyl (C=O) groups is 1. The molecule has 1 saturated carbocycles. The Hall–Kier alpha value is -2.96. The van der Waals surface area contributed by atoms with Crippen LogP contribution < -0.4 is 10.9 Å². The Morgan fingerprint density at radius 3 is 2.45 bits per heavy atom. The molecule has 1 N–H and O–H groups in total. The molecule has 0 aliphatic heterocycles. The summed E-state index contributed by atoms with van der Waals surface area (Å²) in [7, 11) is 0. The number of halogens is 1. The van der Waals surface area contributed by atoms with Crippen molar-refractivity contribution in [3.05, 3.63) is 63.6 Å². The van der Waals surface area contributed by atoms with E-state index in [9.17, 15) is 14.0 Å². The smallest absolute Gasteiger partial charge is 0.276 e. The highest BCUT2D eigenvalue weighted by Gasteiger charge is 2.19. The average Bonchev–Trinajstić information content (AvgIpc) is 2.91. The molecular weight excluding hydrogens is 395 g/mol. The molecule has 0 bridgehead atoms. The van der Waals surface area contributed by atoms with Crippen LogP contribution in [0.15, 0.2) is 35.3 Å². The van der Waals surface area contributed by atoms with E-state index in [0.717, 1.165) is 48.0 Å². The van der Waals surface area contributed by atoms with Crippen LogP contribution in [-0.2, 0) is 17.9 Å². The highest BCUT2D eigenvalue weighted by molar-refractivity contribution is 5.87. The molecule has 31 heavy (non-hydrogen) atoms. The van der Waals surface area contributed by atoms with Crippen molar-refractivity contribution in [3.63, 3.8) is 0 Å². The normalized spacial score (nSPS) is 15.2. The Morgan fingerprint density at radius 2 is 1.77 bits per heavy atom. The second kappa shape index (κ2) is 9.04. The molecule has 164 valence electrons.